The standard InChI is InChI=1S/C25H38N2O3/c1-17(2)15-21(23(28)27-26)22(24(29)30-25(3,4)5)20(16-19-11-12-19)14-13-18-9-7-6-8-10-18/h6-10,13-14,17,19-22H,11-12,15-16,26H2,1-5H3,(H,27,28)/b14-13+/t20?,21-,22+/m1/s1. The smallest absolute Gasteiger partial charge is 0.310 e. The Bertz CT molecular complexity index is 718. The molecule has 1 amide bonds. The highest BCUT2D eigenvalue weighted by Crippen LogP contribution is 2.41. The minimum Gasteiger partial charge on any atom is -0.460 e. The fraction of sp³-hybridized carbons (Fsp3) is 0.600. The van der Waals surface area contributed by atoms with Gasteiger partial charge in [0.05, 0.1) is 11.8 Å². The first kappa shape index (κ1) is 24.1. The molecule has 5 nitrogen and oxygen atoms in total. The fourth-order valence-electron chi connectivity index (χ4n) is 3.92. The molecule has 0 bridgehead atoms. The molecule has 0 radical (unpaired) electrons. The summed E-state index contributed by atoms with van der Waals surface area (Å²) in [6.45, 7) is 9.69. The maximum atomic E-state index is 13.4. The van der Waals surface area contributed by atoms with Crippen LogP contribution in [0.2, 0.25) is 0 Å². The van der Waals surface area contributed by atoms with Crippen molar-refractivity contribution in [3.63, 3.8) is 0 Å². The molecule has 2 rings (SSSR count). The van der Waals surface area contributed by atoms with E-state index >= 15 is 0 Å². The predicted molar refractivity (Wildman–Crippen MR) is 121 cm³/mol. The second-order valence-corrected chi connectivity index (χ2v) is 9.92. The third kappa shape index (κ3) is 7.94. The van der Waals surface area contributed by atoms with E-state index in [0.29, 0.717) is 12.3 Å². The Kier molecular flexibility index (Phi) is 8.65. The van der Waals surface area contributed by atoms with Crippen LogP contribution in [0.4, 0.5) is 0 Å². The Labute approximate surface area is 181 Å². The van der Waals surface area contributed by atoms with E-state index in [1.54, 1.807) is 0 Å². The zero-order valence-electron chi connectivity index (χ0n) is 19.1. The molecule has 0 spiro atoms. The largest absolute Gasteiger partial charge is 0.460 e. The third-order valence-electron chi connectivity index (χ3n) is 5.42. The highest BCUT2D eigenvalue weighted by atomic mass is 16.6. The lowest BCUT2D eigenvalue weighted by Gasteiger charge is -2.33. The number of nitrogens with two attached hydrogens (primary N) is 1. The second-order valence-electron chi connectivity index (χ2n) is 9.92. The number of carbonyl (C=O) groups is 2. The maximum absolute atomic E-state index is 13.4. The summed E-state index contributed by atoms with van der Waals surface area (Å²) in [4.78, 5) is 26.2. The second kappa shape index (κ2) is 10.8. The van der Waals surface area contributed by atoms with Crippen LogP contribution in [0.1, 0.15) is 65.9 Å². The highest BCUT2D eigenvalue weighted by Gasteiger charge is 2.42. The Balaban J connectivity index is 2.42. The van der Waals surface area contributed by atoms with E-state index in [4.69, 9.17) is 10.6 Å². The Morgan fingerprint density at radius 3 is 2.33 bits per heavy atom. The number of amides is 1. The summed E-state index contributed by atoms with van der Waals surface area (Å²) < 4.78 is 5.80. The number of esters is 1. The van der Waals surface area contributed by atoms with Crippen LogP contribution in [0.3, 0.4) is 0 Å². The number of nitrogens with one attached hydrogen (secondary N) is 1. The van der Waals surface area contributed by atoms with Crippen molar-refractivity contribution in [1.29, 1.82) is 0 Å². The Morgan fingerprint density at radius 2 is 1.83 bits per heavy atom. The summed E-state index contributed by atoms with van der Waals surface area (Å²) in [6.07, 6.45) is 7.95. The van der Waals surface area contributed by atoms with E-state index in [2.05, 4.69) is 31.4 Å². The summed E-state index contributed by atoms with van der Waals surface area (Å²) in [6, 6.07) is 10.0. The Hall–Kier alpha value is -2.14. The number of hydrazine groups is 1. The molecular weight excluding hydrogens is 376 g/mol. The molecule has 1 unspecified atom stereocenters. The van der Waals surface area contributed by atoms with Gasteiger partial charge in [-0.25, -0.2) is 5.84 Å². The van der Waals surface area contributed by atoms with Crippen molar-refractivity contribution in [3.05, 3.63) is 42.0 Å². The van der Waals surface area contributed by atoms with E-state index in [1.165, 1.54) is 12.8 Å². The number of rotatable bonds is 10. The molecule has 1 fully saturated rings. The van der Waals surface area contributed by atoms with E-state index in [9.17, 15) is 9.59 Å². The summed E-state index contributed by atoms with van der Waals surface area (Å²) in [5.41, 5.74) is 2.75. The zero-order chi connectivity index (χ0) is 22.3. The molecule has 30 heavy (non-hydrogen) atoms. The van der Waals surface area contributed by atoms with Crippen molar-refractivity contribution in [3.8, 4) is 0 Å². The Morgan fingerprint density at radius 1 is 1.20 bits per heavy atom. The summed E-state index contributed by atoms with van der Waals surface area (Å²) in [5.74, 6) is 4.56. The van der Waals surface area contributed by atoms with E-state index < -0.39 is 17.4 Å². The van der Waals surface area contributed by atoms with Crippen molar-refractivity contribution < 1.29 is 14.3 Å². The summed E-state index contributed by atoms with van der Waals surface area (Å²) in [5, 5.41) is 0. The molecule has 0 heterocycles. The fourth-order valence-corrected chi connectivity index (χ4v) is 3.92. The average Bonchev–Trinajstić information content (AvgIpc) is 3.48. The normalized spacial score (nSPS) is 17.6. The predicted octanol–water partition coefficient (Wildman–Crippen LogP) is 4.73. The molecule has 5 heteroatoms. The molecule has 1 aromatic rings. The number of ether oxygens (including phenoxy) is 1. The van der Waals surface area contributed by atoms with Gasteiger partial charge in [-0.05, 0) is 56.9 Å². The first-order valence-corrected chi connectivity index (χ1v) is 11.1. The molecule has 166 valence electrons. The quantitative estimate of drug-likeness (QED) is 0.251. The third-order valence-corrected chi connectivity index (χ3v) is 5.42. The molecule has 3 atom stereocenters. The van der Waals surface area contributed by atoms with Crippen molar-refractivity contribution in [2.75, 3.05) is 0 Å². The lowest BCUT2D eigenvalue weighted by Crippen LogP contribution is -2.45. The van der Waals surface area contributed by atoms with Crippen molar-refractivity contribution in [1.82, 2.24) is 5.43 Å². The molecule has 0 aliphatic heterocycles. The van der Waals surface area contributed by atoms with Gasteiger partial charge in [-0.3, -0.25) is 15.0 Å². The van der Waals surface area contributed by atoms with Gasteiger partial charge in [0, 0.05) is 0 Å². The number of carbonyl (C=O) groups excluding carboxylic acids is 2. The van der Waals surface area contributed by atoms with Gasteiger partial charge in [-0.15, -0.1) is 0 Å². The first-order chi connectivity index (χ1) is 14.1. The number of hydrogen-bond acceptors (Lipinski definition) is 4. The van der Waals surface area contributed by atoms with Crippen LogP contribution in [0.5, 0.6) is 0 Å². The monoisotopic (exact) mass is 414 g/mol. The van der Waals surface area contributed by atoms with Gasteiger partial charge in [-0.2, -0.15) is 0 Å². The zero-order valence-corrected chi connectivity index (χ0v) is 19.1. The molecule has 1 aliphatic rings. The molecular formula is C25H38N2O3. The van der Waals surface area contributed by atoms with E-state index in [0.717, 1.165) is 12.0 Å². The van der Waals surface area contributed by atoms with Gasteiger partial charge in [0.1, 0.15) is 5.60 Å². The average molecular weight is 415 g/mol. The van der Waals surface area contributed by atoms with Crippen LogP contribution in [0.15, 0.2) is 36.4 Å². The van der Waals surface area contributed by atoms with Gasteiger partial charge < -0.3 is 4.74 Å². The van der Waals surface area contributed by atoms with Crippen molar-refractivity contribution in [2.24, 2.45) is 35.4 Å². The van der Waals surface area contributed by atoms with E-state index in [-0.39, 0.29) is 23.7 Å². The molecule has 1 saturated carbocycles. The van der Waals surface area contributed by atoms with Gasteiger partial charge >= 0.3 is 5.97 Å². The number of allylic oxidation sites excluding steroid dienone is 1. The molecule has 1 aliphatic carbocycles. The van der Waals surface area contributed by atoms with Crippen LogP contribution in [0, 0.1) is 29.6 Å². The van der Waals surface area contributed by atoms with Gasteiger partial charge in [0.15, 0.2) is 0 Å². The van der Waals surface area contributed by atoms with Crippen molar-refractivity contribution >= 4 is 18.0 Å². The molecule has 0 aromatic heterocycles. The summed E-state index contributed by atoms with van der Waals surface area (Å²) >= 11 is 0. The minimum atomic E-state index is -0.621. The summed E-state index contributed by atoms with van der Waals surface area (Å²) in [7, 11) is 0. The lowest BCUT2D eigenvalue weighted by molar-refractivity contribution is -0.166. The number of benzene rings is 1. The first-order valence-electron chi connectivity index (χ1n) is 11.1. The highest BCUT2D eigenvalue weighted by molar-refractivity contribution is 5.85. The van der Waals surface area contributed by atoms with Gasteiger partial charge in [0.2, 0.25) is 5.91 Å². The maximum Gasteiger partial charge on any atom is 0.310 e. The van der Waals surface area contributed by atoms with Gasteiger partial charge in [0.25, 0.3) is 0 Å². The lowest BCUT2D eigenvalue weighted by atomic mass is 9.74. The van der Waals surface area contributed by atoms with Crippen LogP contribution >= 0.6 is 0 Å². The topological polar surface area (TPSA) is 81.4 Å². The van der Waals surface area contributed by atoms with Crippen molar-refractivity contribution in [2.45, 2.75) is 65.9 Å². The van der Waals surface area contributed by atoms with Crippen LogP contribution in [0.25, 0.3) is 6.08 Å². The molecule has 3 N–H and O–H groups in total. The van der Waals surface area contributed by atoms with Crippen LogP contribution in [-0.4, -0.2) is 17.5 Å². The van der Waals surface area contributed by atoms with Crippen LogP contribution < -0.4 is 11.3 Å². The SMILES string of the molecule is CC(C)C[C@@H](C(=O)NN)[C@@H](C(=O)OC(C)(C)C)C(/C=C/c1ccccc1)CC1CC1. The minimum absolute atomic E-state index is 0.0893. The van der Waals surface area contributed by atoms with Crippen LogP contribution in [-0.2, 0) is 14.3 Å². The van der Waals surface area contributed by atoms with Gasteiger partial charge in [-0.1, -0.05) is 69.2 Å². The number of hydrogen-bond donors (Lipinski definition) is 2. The molecule has 1 aromatic carbocycles. The molecule has 0 saturated heterocycles. The van der Waals surface area contributed by atoms with E-state index in [1.807, 2.05) is 51.1 Å².